The normalized spacial score (nSPS) is 29.5. The molecule has 1 aliphatic carbocycles. The van der Waals surface area contributed by atoms with E-state index in [4.69, 9.17) is 4.74 Å². The van der Waals surface area contributed by atoms with Crippen molar-refractivity contribution in [2.24, 2.45) is 5.92 Å². The van der Waals surface area contributed by atoms with Crippen LogP contribution in [0.5, 0.6) is 0 Å². The van der Waals surface area contributed by atoms with Gasteiger partial charge in [-0.25, -0.2) is 0 Å². The van der Waals surface area contributed by atoms with Gasteiger partial charge in [-0.3, -0.25) is 14.7 Å². The summed E-state index contributed by atoms with van der Waals surface area (Å²) in [5.74, 6) is 0.285. The summed E-state index contributed by atoms with van der Waals surface area (Å²) in [6, 6.07) is 8.19. The molecule has 0 unspecified atom stereocenters. The fourth-order valence-corrected chi connectivity index (χ4v) is 4.62. The zero-order valence-electron chi connectivity index (χ0n) is 14.5. The fourth-order valence-electron chi connectivity index (χ4n) is 4.62. The van der Waals surface area contributed by atoms with Gasteiger partial charge < -0.3 is 9.84 Å². The number of nitrogens with zero attached hydrogens (tertiary/aromatic N) is 2. The van der Waals surface area contributed by atoms with E-state index in [1.54, 1.807) is 0 Å². The quantitative estimate of drug-likeness (QED) is 0.870. The van der Waals surface area contributed by atoms with Gasteiger partial charge in [0, 0.05) is 30.4 Å². The number of methoxy groups -OCH3 is 1. The zero-order chi connectivity index (χ0) is 17.4. The number of pyridine rings is 1. The summed E-state index contributed by atoms with van der Waals surface area (Å²) in [7, 11) is 1.46. The maximum absolute atomic E-state index is 12.4. The number of likely N-dealkylation sites (tertiary alicyclic amines) is 1. The van der Waals surface area contributed by atoms with E-state index in [2.05, 4.69) is 22.0 Å². The van der Waals surface area contributed by atoms with Gasteiger partial charge >= 0.3 is 5.97 Å². The first-order valence-electron chi connectivity index (χ1n) is 9.00. The SMILES string of the molecule is COC(=O)[C@@H]1C[C@H]2CC[C@@H](O)C[C@H]2N1Cc1cncc2ccccc12. The van der Waals surface area contributed by atoms with Crippen LogP contribution < -0.4 is 0 Å². The molecule has 1 saturated heterocycles. The van der Waals surface area contributed by atoms with E-state index in [1.807, 2.05) is 24.5 Å². The lowest BCUT2D eigenvalue weighted by Gasteiger charge is -2.35. The first-order chi connectivity index (χ1) is 12.2. The van der Waals surface area contributed by atoms with Gasteiger partial charge in [-0.15, -0.1) is 0 Å². The number of fused-ring (bicyclic) bond motifs is 2. The van der Waals surface area contributed by atoms with E-state index in [-0.39, 0.29) is 24.2 Å². The Kier molecular flexibility index (Phi) is 4.44. The number of hydrogen-bond acceptors (Lipinski definition) is 5. The molecule has 5 heteroatoms. The number of esters is 1. The third-order valence-corrected chi connectivity index (χ3v) is 5.86. The van der Waals surface area contributed by atoms with Gasteiger partial charge in [0.2, 0.25) is 0 Å². The second-order valence-corrected chi connectivity index (χ2v) is 7.26. The summed E-state index contributed by atoms with van der Waals surface area (Å²) >= 11 is 0. The number of aliphatic hydroxyl groups excluding tert-OH is 1. The zero-order valence-corrected chi connectivity index (χ0v) is 14.5. The topological polar surface area (TPSA) is 62.7 Å². The number of carbonyl (C=O) groups excluding carboxylic acids is 1. The van der Waals surface area contributed by atoms with Crippen LogP contribution in [0.15, 0.2) is 36.7 Å². The van der Waals surface area contributed by atoms with E-state index in [9.17, 15) is 9.90 Å². The molecule has 0 radical (unpaired) electrons. The molecule has 4 atom stereocenters. The number of rotatable bonds is 3. The molecule has 1 aromatic heterocycles. The van der Waals surface area contributed by atoms with Crippen LogP contribution >= 0.6 is 0 Å². The van der Waals surface area contributed by atoms with Gasteiger partial charge in [0.15, 0.2) is 0 Å². The minimum Gasteiger partial charge on any atom is -0.468 e. The van der Waals surface area contributed by atoms with Gasteiger partial charge in [-0.1, -0.05) is 24.3 Å². The highest BCUT2D eigenvalue weighted by Gasteiger charge is 2.47. The Morgan fingerprint density at radius 2 is 2.12 bits per heavy atom. The summed E-state index contributed by atoms with van der Waals surface area (Å²) < 4.78 is 5.06. The molecule has 25 heavy (non-hydrogen) atoms. The van der Waals surface area contributed by atoms with E-state index in [0.717, 1.165) is 36.6 Å². The van der Waals surface area contributed by atoms with Gasteiger partial charge in [-0.2, -0.15) is 0 Å². The molecule has 0 bridgehead atoms. The molecule has 2 aromatic rings. The minimum atomic E-state index is -0.272. The number of carbonyl (C=O) groups is 1. The van der Waals surface area contributed by atoms with Crippen molar-refractivity contribution in [2.75, 3.05) is 7.11 Å². The van der Waals surface area contributed by atoms with Crippen LogP contribution in [0, 0.1) is 5.92 Å². The highest BCUT2D eigenvalue weighted by Crippen LogP contribution is 2.41. The molecule has 5 nitrogen and oxygen atoms in total. The Bertz CT molecular complexity index is 773. The Morgan fingerprint density at radius 1 is 1.28 bits per heavy atom. The van der Waals surface area contributed by atoms with Crippen molar-refractivity contribution in [2.45, 2.75) is 50.4 Å². The Hall–Kier alpha value is -1.98. The average Bonchev–Trinajstić information content (AvgIpc) is 2.99. The van der Waals surface area contributed by atoms with Gasteiger partial charge in [0.05, 0.1) is 13.2 Å². The van der Waals surface area contributed by atoms with Crippen LogP contribution in [0.2, 0.25) is 0 Å². The van der Waals surface area contributed by atoms with Crippen molar-refractivity contribution in [3.8, 4) is 0 Å². The monoisotopic (exact) mass is 340 g/mol. The fraction of sp³-hybridized carbons (Fsp3) is 0.500. The summed E-state index contributed by atoms with van der Waals surface area (Å²) in [6.07, 6.45) is 6.85. The first-order valence-corrected chi connectivity index (χ1v) is 9.00. The van der Waals surface area contributed by atoms with Crippen LogP contribution in [-0.2, 0) is 16.1 Å². The highest BCUT2D eigenvalue weighted by molar-refractivity contribution is 5.84. The van der Waals surface area contributed by atoms with Crippen LogP contribution in [0.4, 0.5) is 0 Å². The number of hydrogen-bond donors (Lipinski definition) is 1. The van der Waals surface area contributed by atoms with E-state index in [1.165, 1.54) is 12.5 Å². The molecule has 0 amide bonds. The Balaban J connectivity index is 1.68. The van der Waals surface area contributed by atoms with E-state index < -0.39 is 0 Å². The summed E-state index contributed by atoms with van der Waals surface area (Å²) in [5.41, 5.74) is 1.12. The standard InChI is InChI=1S/C20H24N2O3/c1-25-20(24)19-8-13-6-7-16(23)9-18(13)22(19)12-15-11-21-10-14-4-2-3-5-17(14)15/h2-5,10-11,13,16,18-19,23H,6-9,12H2,1H3/t13-,16-,18-,19+/m1/s1. The number of aromatic nitrogens is 1. The molecule has 2 heterocycles. The van der Waals surface area contributed by atoms with E-state index >= 15 is 0 Å². The van der Waals surface area contributed by atoms with Crippen LogP contribution in [0.3, 0.4) is 0 Å². The largest absolute Gasteiger partial charge is 0.468 e. The second-order valence-electron chi connectivity index (χ2n) is 7.26. The maximum Gasteiger partial charge on any atom is 0.323 e. The van der Waals surface area contributed by atoms with Crippen molar-refractivity contribution >= 4 is 16.7 Å². The van der Waals surface area contributed by atoms with E-state index in [0.29, 0.717) is 12.5 Å². The lowest BCUT2D eigenvalue weighted by molar-refractivity contribution is -0.146. The molecule has 1 aromatic carbocycles. The third-order valence-electron chi connectivity index (χ3n) is 5.86. The molecule has 2 fully saturated rings. The van der Waals surface area contributed by atoms with Crippen molar-refractivity contribution in [3.05, 3.63) is 42.2 Å². The van der Waals surface area contributed by atoms with Gasteiger partial charge in [-0.05, 0) is 42.6 Å². The maximum atomic E-state index is 12.4. The van der Waals surface area contributed by atoms with Crippen molar-refractivity contribution in [1.29, 1.82) is 0 Å². The summed E-state index contributed by atoms with van der Waals surface area (Å²) in [4.78, 5) is 19.0. The van der Waals surface area contributed by atoms with Gasteiger partial charge in [0.1, 0.15) is 6.04 Å². The van der Waals surface area contributed by atoms with Crippen molar-refractivity contribution < 1.29 is 14.6 Å². The molecular formula is C20H24N2O3. The van der Waals surface area contributed by atoms with Crippen LogP contribution in [-0.4, -0.2) is 46.3 Å². The third kappa shape index (κ3) is 3.02. The molecule has 1 aliphatic heterocycles. The number of ether oxygens (including phenoxy) is 1. The Labute approximate surface area is 147 Å². The summed E-state index contributed by atoms with van der Waals surface area (Å²) in [5, 5.41) is 12.4. The first kappa shape index (κ1) is 16.5. The van der Waals surface area contributed by atoms with Crippen LogP contribution in [0.1, 0.15) is 31.2 Å². The minimum absolute atomic E-state index is 0.169. The second kappa shape index (κ2) is 6.73. The lowest BCUT2D eigenvalue weighted by Crippen LogP contribution is -2.44. The van der Waals surface area contributed by atoms with Crippen LogP contribution in [0.25, 0.3) is 10.8 Å². The molecular weight excluding hydrogens is 316 g/mol. The molecule has 0 spiro atoms. The summed E-state index contributed by atoms with van der Waals surface area (Å²) in [6.45, 7) is 0.655. The Morgan fingerprint density at radius 3 is 2.96 bits per heavy atom. The average molecular weight is 340 g/mol. The van der Waals surface area contributed by atoms with Crippen molar-refractivity contribution in [1.82, 2.24) is 9.88 Å². The molecule has 2 aliphatic rings. The number of benzene rings is 1. The molecule has 1 saturated carbocycles. The predicted octanol–water partition coefficient (Wildman–Crippen LogP) is 2.51. The smallest absolute Gasteiger partial charge is 0.323 e. The predicted molar refractivity (Wildman–Crippen MR) is 94.8 cm³/mol. The molecule has 132 valence electrons. The van der Waals surface area contributed by atoms with Crippen molar-refractivity contribution in [3.63, 3.8) is 0 Å². The van der Waals surface area contributed by atoms with Gasteiger partial charge in [0.25, 0.3) is 0 Å². The molecule has 1 N–H and O–H groups in total. The lowest BCUT2D eigenvalue weighted by atomic mass is 9.83. The highest BCUT2D eigenvalue weighted by atomic mass is 16.5. The number of aliphatic hydroxyl groups is 1. The molecule has 4 rings (SSSR count).